The van der Waals surface area contributed by atoms with E-state index in [2.05, 4.69) is 20.5 Å². The fourth-order valence-electron chi connectivity index (χ4n) is 1.92. The Bertz CT molecular complexity index is 736. The number of nitrogen functional groups attached to an aromatic ring is 1. The van der Waals surface area contributed by atoms with E-state index in [9.17, 15) is 18.0 Å². The molecule has 2 aromatic rings. The Balaban J connectivity index is 2.11. The monoisotopic (exact) mass is 356 g/mol. The average molecular weight is 356 g/mol. The molecule has 0 aliphatic rings. The number of methoxy groups -OCH3 is 1. The second kappa shape index (κ2) is 7.71. The number of halogens is 3. The Hall–Kier alpha value is -3.01. The van der Waals surface area contributed by atoms with Crippen molar-refractivity contribution in [1.82, 2.24) is 10.3 Å². The molecule has 0 spiro atoms. The van der Waals surface area contributed by atoms with Crippen molar-refractivity contribution in [1.29, 1.82) is 0 Å². The molecule has 10 heteroatoms. The maximum atomic E-state index is 12.5. The van der Waals surface area contributed by atoms with Crippen LogP contribution in [0, 0.1) is 0 Å². The number of hydrogen-bond acceptors (Lipinski definition) is 6. The van der Waals surface area contributed by atoms with Crippen molar-refractivity contribution in [2.24, 2.45) is 5.84 Å². The first kappa shape index (κ1) is 18.3. The molecule has 0 radical (unpaired) electrons. The Morgan fingerprint density at radius 3 is 2.60 bits per heavy atom. The summed E-state index contributed by atoms with van der Waals surface area (Å²) in [6, 6.07) is 6.89. The van der Waals surface area contributed by atoms with Crippen molar-refractivity contribution < 1.29 is 27.4 Å². The number of nitrogens with two attached hydrogens (primary N) is 1. The van der Waals surface area contributed by atoms with Gasteiger partial charge in [0, 0.05) is 24.4 Å². The number of rotatable bonds is 6. The fraction of sp³-hybridized carbons (Fsp3) is 0.200. The molecule has 1 aromatic carbocycles. The van der Waals surface area contributed by atoms with Crippen molar-refractivity contribution in [2.75, 3.05) is 12.5 Å². The molecular weight excluding hydrogens is 341 g/mol. The molecule has 0 bridgehead atoms. The summed E-state index contributed by atoms with van der Waals surface area (Å²) < 4.78 is 46.4. The van der Waals surface area contributed by atoms with Crippen LogP contribution in [-0.4, -0.2) is 24.4 Å². The molecule has 1 heterocycles. The molecule has 0 aliphatic carbocycles. The molecule has 0 saturated carbocycles. The molecule has 0 atom stereocenters. The van der Waals surface area contributed by atoms with E-state index >= 15 is 0 Å². The van der Waals surface area contributed by atoms with Crippen molar-refractivity contribution in [2.45, 2.75) is 12.9 Å². The number of ether oxygens (including phenoxy) is 2. The number of hydrogen-bond donors (Lipinski definition) is 3. The highest BCUT2D eigenvalue weighted by Gasteiger charge is 2.32. The quantitative estimate of drug-likeness (QED) is 0.542. The van der Waals surface area contributed by atoms with E-state index in [1.165, 1.54) is 37.6 Å². The highest BCUT2D eigenvalue weighted by Crippen LogP contribution is 2.30. The van der Waals surface area contributed by atoms with Gasteiger partial charge in [-0.15, -0.1) is 13.2 Å². The van der Waals surface area contributed by atoms with Crippen LogP contribution in [0.1, 0.15) is 15.9 Å². The number of carbonyl (C=O) groups excluding carboxylic acids is 1. The summed E-state index contributed by atoms with van der Waals surface area (Å²) in [7, 11) is 1.32. The number of anilines is 1. The third-order valence-electron chi connectivity index (χ3n) is 3.11. The van der Waals surface area contributed by atoms with Crippen molar-refractivity contribution in [3.8, 4) is 11.5 Å². The second-order valence-electron chi connectivity index (χ2n) is 4.78. The van der Waals surface area contributed by atoms with E-state index in [0.717, 1.165) is 6.07 Å². The van der Waals surface area contributed by atoms with Crippen molar-refractivity contribution >= 4 is 11.7 Å². The van der Waals surface area contributed by atoms with Gasteiger partial charge in [0.1, 0.15) is 17.3 Å². The van der Waals surface area contributed by atoms with Gasteiger partial charge in [-0.05, 0) is 24.3 Å². The van der Waals surface area contributed by atoms with Gasteiger partial charge in [-0.2, -0.15) is 0 Å². The summed E-state index contributed by atoms with van der Waals surface area (Å²) in [4.78, 5) is 15.9. The summed E-state index contributed by atoms with van der Waals surface area (Å²) in [5.41, 5.74) is 2.68. The van der Waals surface area contributed by atoms with Gasteiger partial charge in [-0.3, -0.25) is 4.79 Å². The van der Waals surface area contributed by atoms with Crippen LogP contribution in [0.3, 0.4) is 0 Å². The normalized spacial score (nSPS) is 10.9. The van der Waals surface area contributed by atoms with Gasteiger partial charge >= 0.3 is 6.36 Å². The number of pyridine rings is 1. The first-order valence-corrected chi connectivity index (χ1v) is 6.96. The summed E-state index contributed by atoms with van der Waals surface area (Å²) in [5, 5.41) is 2.50. The van der Waals surface area contributed by atoms with Gasteiger partial charge in [0.05, 0.1) is 12.7 Å². The SMILES string of the molecule is COc1ccc(CNC(=O)c2ccc(NN)nc2)c(OC(F)(F)F)c1. The third kappa shape index (κ3) is 5.24. The Morgan fingerprint density at radius 1 is 1.28 bits per heavy atom. The standard InChI is InChI=1S/C15H15F3N4O3/c1-24-11-4-2-9(12(6-11)25-15(16,17)18)7-21-14(23)10-3-5-13(22-19)20-8-10/h2-6,8H,7,19H2,1H3,(H,20,22)(H,21,23). The third-order valence-corrected chi connectivity index (χ3v) is 3.11. The van der Waals surface area contributed by atoms with E-state index in [4.69, 9.17) is 10.6 Å². The number of amides is 1. The van der Waals surface area contributed by atoms with Gasteiger partial charge < -0.3 is 20.2 Å². The van der Waals surface area contributed by atoms with Gasteiger partial charge in [0.25, 0.3) is 5.91 Å². The maximum Gasteiger partial charge on any atom is 0.573 e. The van der Waals surface area contributed by atoms with E-state index in [0.29, 0.717) is 5.82 Å². The molecule has 0 aliphatic heterocycles. The average Bonchev–Trinajstić information content (AvgIpc) is 2.59. The maximum absolute atomic E-state index is 12.5. The van der Waals surface area contributed by atoms with Gasteiger partial charge in [0.2, 0.25) is 0 Å². The van der Waals surface area contributed by atoms with E-state index in [-0.39, 0.29) is 23.4 Å². The number of aromatic nitrogens is 1. The highest BCUT2D eigenvalue weighted by atomic mass is 19.4. The zero-order valence-corrected chi connectivity index (χ0v) is 13.1. The van der Waals surface area contributed by atoms with Crippen LogP contribution in [0.15, 0.2) is 36.5 Å². The minimum Gasteiger partial charge on any atom is -0.497 e. The Kier molecular flexibility index (Phi) is 5.65. The smallest absolute Gasteiger partial charge is 0.497 e. The van der Waals surface area contributed by atoms with Gasteiger partial charge in [-0.25, -0.2) is 10.8 Å². The molecule has 2 rings (SSSR count). The van der Waals surface area contributed by atoms with E-state index in [1.807, 2.05) is 0 Å². The first-order valence-electron chi connectivity index (χ1n) is 6.96. The second-order valence-corrected chi connectivity index (χ2v) is 4.78. The molecule has 1 amide bonds. The lowest BCUT2D eigenvalue weighted by Gasteiger charge is -2.15. The summed E-state index contributed by atoms with van der Waals surface area (Å²) >= 11 is 0. The van der Waals surface area contributed by atoms with Crippen LogP contribution in [0.4, 0.5) is 19.0 Å². The summed E-state index contributed by atoms with van der Waals surface area (Å²) in [6.07, 6.45) is -3.58. The number of hydrazine groups is 1. The van der Waals surface area contributed by atoms with Crippen LogP contribution in [-0.2, 0) is 6.54 Å². The Labute approximate surface area is 140 Å². The topological polar surface area (TPSA) is 98.5 Å². The molecule has 0 fully saturated rings. The lowest BCUT2D eigenvalue weighted by Crippen LogP contribution is -2.24. The zero-order valence-electron chi connectivity index (χ0n) is 13.1. The van der Waals surface area contributed by atoms with Crippen LogP contribution in [0.2, 0.25) is 0 Å². The van der Waals surface area contributed by atoms with E-state index in [1.54, 1.807) is 0 Å². The molecule has 0 unspecified atom stereocenters. The molecular formula is C15H15F3N4O3. The number of benzene rings is 1. The minimum atomic E-state index is -4.86. The van der Waals surface area contributed by atoms with Crippen LogP contribution < -0.4 is 26.1 Å². The predicted molar refractivity (Wildman–Crippen MR) is 82.9 cm³/mol. The number of nitrogens with one attached hydrogen (secondary N) is 2. The van der Waals surface area contributed by atoms with E-state index < -0.39 is 18.0 Å². The lowest BCUT2D eigenvalue weighted by molar-refractivity contribution is -0.274. The Morgan fingerprint density at radius 2 is 2.04 bits per heavy atom. The zero-order chi connectivity index (χ0) is 18.4. The number of carbonyl (C=O) groups is 1. The lowest BCUT2D eigenvalue weighted by atomic mass is 10.1. The fourth-order valence-corrected chi connectivity index (χ4v) is 1.92. The molecule has 7 nitrogen and oxygen atoms in total. The van der Waals surface area contributed by atoms with Crippen LogP contribution >= 0.6 is 0 Å². The summed E-state index contributed by atoms with van der Waals surface area (Å²) in [6.45, 7) is -0.175. The molecule has 1 aromatic heterocycles. The molecule has 4 N–H and O–H groups in total. The molecule has 25 heavy (non-hydrogen) atoms. The minimum absolute atomic E-state index is 0.139. The first-order chi connectivity index (χ1) is 11.8. The highest BCUT2D eigenvalue weighted by molar-refractivity contribution is 5.94. The van der Waals surface area contributed by atoms with Crippen molar-refractivity contribution in [3.05, 3.63) is 47.7 Å². The predicted octanol–water partition coefficient (Wildman–Crippen LogP) is 2.20. The van der Waals surface area contributed by atoms with Crippen LogP contribution in [0.5, 0.6) is 11.5 Å². The van der Waals surface area contributed by atoms with Gasteiger partial charge in [0.15, 0.2) is 0 Å². The largest absolute Gasteiger partial charge is 0.573 e. The van der Waals surface area contributed by atoms with Gasteiger partial charge in [-0.1, -0.05) is 0 Å². The summed E-state index contributed by atoms with van der Waals surface area (Å²) in [5.74, 6) is 4.78. The number of alkyl halides is 3. The molecule has 134 valence electrons. The molecule has 0 saturated heterocycles. The van der Waals surface area contributed by atoms with Crippen LogP contribution in [0.25, 0.3) is 0 Å². The van der Waals surface area contributed by atoms with Crippen molar-refractivity contribution in [3.63, 3.8) is 0 Å². The number of nitrogens with zero attached hydrogens (tertiary/aromatic N) is 1.